The summed E-state index contributed by atoms with van der Waals surface area (Å²) in [7, 11) is 4.74. The van der Waals surface area contributed by atoms with E-state index in [0.29, 0.717) is 17.2 Å². The molecular formula is C15H21N3O3. The molecule has 1 unspecified atom stereocenters. The van der Waals surface area contributed by atoms with Crippen molar-refractivity contribution in [3.8, 4) is 17.2 Å². The second-order valence-electron chi connectivity index (χ2n) is 4.57. The summed E-state index contributed by atoms with van der Waals surface area (Å²) in [5, 5.41) is 4.25. The number of aryl methyl sites for hydroxylation is 1. The summed E-state index contributed by atoms with van der Waals surface area (Å²) in [5.74, 6) is 1.73. The van der Waals surface area contributed by atoms with Crippen molar-refractivity contribution in [1.29, 1.82) is 0 Å². The lowest BCUT2D eigenvalue weighted by Gasteiger charge is -2.17. The zero-order valence-electron chi connectivity index (χ0n) is 12.8. The van der Waals surface area contributed by atoms with Gasteiger partial charge in [0.25, 0.3) is 0 Å². The molecule has 1 atom stereocenters. The third-order valence-corrected chi connectivity index (χ3v) is 3.38. The summed E-state index contributed by atoms with van der Waals surface area (Å²) in [6, 6.07) is 3.41. The van der Waals surface area contributed by atoms with Crippen molar-refractivity contribution in [2.75, 3.05) is 21.3 Å². The third kappa shape index (κ3) is 2.95. The molecule has 6 heteroatoms. The number of methoxy groups -OCH3 is 3. The molecule has 21 heavy (non-hydrogen) atoms. The van der Waals surface area contributed by atoms with Crippen LogP contribution >= 0.6 is 0 Å². The first-order valence-corrected chi connectivity index (χ1v) is 6.72. The summed E-state index contributed by atoms with van der Waals surface area (Å²) in [4.78, 5) is 0. The van der Waals surface area contributed by atoms with Crippen LogP contribution in [-0.2, 0) is 6.54 Å². The summed E-state index contributed by atoms with van der Waals surface area (Å²) in [6.07, 6.45) is 3.71. The minimum absolute atomic E-state index is 0.306. The molecule has 0 fully saturated rings. The Morgan fingerprint density at radius 1 is 1.10 bits per heavy atom. The van der Waals surface area contributed by atoms with Crippen molar-refractivity contribution >= 4 is 0 Å². The first-order chi connectivity index (χ1) is 10.1. The first-order valence-electron chi connectivity index (χ1n) is 6.72. The molecule has 0 aliphatic rings. The van der Waals surface area contributed by atoms with Crippen LogP contribution in [0.4, 0.5) is 0 Å². The van der Waals surface area contributed by atoms with Crippen LogP contribution in [0.15, 0.2) is 24.5 Å². The summed E-state index contributed by atoms with van der Waals surface area (Å²) < 4.78 is 17.9. The van der Waals surface area contributed by atoms with Crippen LogP contribution in [0.3, 0.4) is 0 Å². The monoisotopic (exact) mass is 291 g/mol. The lowest BCUT2D eigenvalue weighted by Crippen LogP contribution is -2.12. The average molecular weight is 291 g/mol. The van der Waals surface area contributed by atoms with E-state index in [4.69, 9.17) is 19.9 Å². The lowest BCUT2D eigenvalue weighted by molar-refractivity contribution is 0.323. The predicted molar refractivity (Wildman–Crippen MR) is 80.0 cm³/mol. The lowest BCUT2D eigenvalue weighted by atomic mass is 10.0. The van der Waals surface area contributed by atoms with E-state index >= 15 is 0 Å². The van der Waals surface area contributed by atoms with E-state index in [-0.39, 0.29) is 6.04 Å². The molecule has 1 heterocycles. The molecule has 2 N–H and O–H groups in total. The summed E-state index contributed by atoms with van der Waals surface area (Å²) in [6.45, 7) is 2.84. The highest BCUT2D eigenvalue weighted by Crippen LogP contribution is 2.40. The van der Waals surface area contributed by atoms with E-state index in [2.05, 4.69) is 5.10 Å². The fourth-order valence-electron chi connectivity index (χ4n) is 2.19. The molecule has 2 aromatic rings. The predicted octanol–water partition coefficient (Wildman–Crippen LogP) is 1.98. The van der Waals surface area contributed by atoms with Crippen molar-refractivity contribution in [3.63, 3.8) is 0 Å². The van der Waals surface area contributed by atoms with E-state index in [1.807, 2.05) is 29.9 Å². The molecule has 1 aromatic carbocycles. The van der Waals surface area contributed by atoms with Gasteiger partial charge >= 0.3 is 0 Å². The fourth-order valence-corrected chi connectivity index (χ4v) is 2.19. The Balaban J connectivity index is 2.43. The van der Waals surface area contributed by atoms with Crippen LogP contribution in [0.5, 0.6) is 17.2 Å². The van der Waals surface area contributed by atoms with Gasteiger partial charge in [0.1, 0.15) is 0 Å². The summed E-state index contributed by atoms with van der Waals surface area (Å²) in [5.41, 5.74) is 8.13. The fraction of sp³-hybridized carbons (Fsp3) is 0.400. The van der Waals surface area contributed by atoms with Gasteiger partial charge in [-0.3, -0.25) is 4.68 Å². The Hall–Kier alpha value is -2.21. The van der Waals surface area contributed by atoms with Crippen LogP contribution < -0.4 is 19.9 Å². The van der Waals surface area contributed by atoms with Crippen molar-refractivity contribution in [1.82, 2.24) is 9.78 Å². The second-order valence-corrected chi connectivity index (χ2v) is 4.57. The number of ether oxygens (including phenoxy) is 3. The van der Waals surface area contributed by atoms with Gasteiger partial charge in [-0.05, 0) is 24.6 Å². The largest absolute Gasteiger partial charge is 0.493 e. The zero-order valence-corrected chi connectivity index (χ0v) is 12.8. The van der Waals surface area contributed by atoms with Crippen LogP contribution in [-0.4, -0.2) is 31.1 Å². The maximum Gasteiger partial charge on any atom is 0.203 e. The molecule has 0 saturated carbocycles. The number of hydrogen-bond donors (Lipinski definition) is 1. The SMILES string of the molecule is CCn1cc(C(N)c2cc(OC)c(OC)c(OC)c2)cn1. The average Bonchev–Trinajstić information content (AvgIpc) is 3.01. The van der Waals surface area contributed by atoms with E-state index in [9.17, 15) is 0 Å². The van der Waals surface area contributed by atoms with E-state index in [1.165, 1.54) is 0 Å². The Morgan fingerprint density at radius 2 is 1.71 bits per heavy atom. The van der Waals surface area contributed by atoms with Crippen LogP contribution in [0.1, 0.15) is 24.1 Å². The Morgan fingerprint density at radius 3 is 2.14 bits per heavy atom. The summed E-state index contributed by atoms with van der Waals surface area (Å²) >= 11 is 0. The Bertz CT molecular complexity index is 585. The molecule has 6 nitrogen and oxygen atoms in total. The number of rotatable bonds is 6. The molecule has 0 spiro atoms. The molecule has 114 valence electrons. The number of benzene rings is 1. The standard InChI is InChI=1S/C15H21N3O3/c1-5-18-9-11(8-17-18)14(16)10-6-12(19-2)15(21-4)13(7-10)20-3/h6-9,14H,5,16H2,1-4H3. The smallest absolute Gasteiger partial charge is 0.203 e. The van der Waals surface area contributed by atoms with E-state index in [0.717, 1.165) is 17.7 Å². The normalized spacial score (nSPS) is 12.0. The number of nitrogens with zero attached hydrogens (tertiary/aromatic N) is 2. The molecule has 0 aliphatic carbocycles. The number of aromatic nitrogens is 2. The maximum absolute atomic E-state index is 6.32. The van der Waals surface area contributed by atoms with Gasteiger partial charge in [0.2, 0.25) is 5.75 Å². The zero-order chi connectivity index (χ0) is 15.4. The highest BCUT2D eigenvalue weighted by Gasteiger charge is 2.18. The number of hydrogen-bond acceptors (Lipinski definition) is 5. The topological polar surface area (TPSA) is 71.5 Å². The minimum atomic E-state index is -0.306. The maximum atomic E-state index is 6.32. The van der Waals surface area contributed by atoms with Gasteiger partial charge in [-0.1, -0.05) is 0 Å². The van der Waals surface area contributed by atoms with Gasteiger partial charge in [-0.25, -0.2) is 0 Å². The van der Waals surface area contributed by atoms with Crippen LogP contribution in [0.25, 0.3) is 0 Å². The molecule has 0 saturated heterocycles. The van der Waals surface area contributed by atoms with Gasteiger partial charge in [0.15, 0.2) is 11.5 Å². The highest BCUT2D eigenvalue weighted by molar-refractivity contribution is 5.55. The van der Waals surface area contributed by atoms with Crippen molar-refractivity contribution in [2.24, 2.45) is 5.73 Å². The second kappa shape index (κ2) is 6.49. The van der Waals surface area contributed by atoms with E-state index in [1.54, 1.807) is 27.5 Å². The Labute approximate surface area is 124 Å². The van der Waals surface area contributed by atoms with Gasteiger partial charge in [-0.2, -0.15) is 5.10 Å². The van der Waals surface area contributed by atoms with Crippen molar-refractivity contribution in [2.45, 2.75) is 19.5 Å². The molecular weight excluding hydrogens is 270 g/mol. The Kier molecular flexibility index (Phi) is 4.70. The van der Waals surface area contributed by atoms with Crippen molar-refractivity contribution < 1.29 is 14.2 Å². The molecule has 0 aliphatic heterocycles. The van der Waals surface area contributed by atoms with Gasteiger partial charge in [0, 0.05) is 18.3 Å². The molecule has 0 radical (unpaired) electrons. The highest BCUT2D eigenvalue weighted by atomic mass is 16.5. The van der Waals surface area contributed by atoms with Gasteiger partial charge in [-0.15, -0.1) is 0 Å². The molecule has 0 amide bonds. The quantitative estimate of drug-likeness (QED) is 0.881. The van der Waals surface area contributed by atoms with Crippen molar-refractivity contribution in [3.05, 3.63) is 35.7 Å². The van der Waals surface area contributed by atoms with Gasteiger partial charge < -0.3 is 19.9 Å². The first kappa shape index (κ1) is 15.2. The third-order valence-electron chi connectivity index (χ3n) is 3.38. The molecule has 2 rings (SSSR count). The molecule has 1 aromatic heterocycles. The van der Waals surface area contributed by atoms with Crippen LogP contribution in [0.2, 0.25) is 0 Å². The van der Waals surface area contributed by atoms with Gasteiger partial charge in [0.05, 0.1) is 33.6 Å². The van der Waals surface area contributed by atoms with E-state index < -0.39 is 0 Å². The van der Waals surface area contributed by atoms with Crippen LogP contribution in [0, 0.1) is 0 Å². The minimum Gasteiger partial charge on any atom is -0.493 e. The molecule has 0 bridgehead atoms. The number of nitrogens with two attached hydrogens (primary N) is 1.